The Morgan fingerprint density at radius 1 is 0.684 bits per heavy atom. The fourth-order valence-electron chi connectivity index (χ4n) is 3.75. The van der Waals surface area contributed by atoms with E-state index in [4.69, 9.17) is 0 Å². The van der Waals surface area contributed by atoms with Crippen molar-refractivity contribution in [3.63, 3.8) is 0 Å². The number of carbonyl (C=O) groups excluding carboxylic acids is 1. The second kappa shape index (κ2) is 11.1. The Bertz CT molecular complexity index is 1640. The topological polar surface area (TPSA) is 113 Å². The highest BCUT2D eigenvalue weighted by Gasteiger charge is 2.28. The molecule has 4 rings (SSSR count). The van der Waals surface area contributed by atoms with Gasteiger partial charge in [0.1, 0.15) is 6.54 Å². The third-order valence-electron chi connectivity index (χ3n) is 5.75. The zero-order valence-electron chi connectivity index (χ0n) is 20.8. The molecule has 0 spiro atoms. The third-order valence-corrected chi connectivity index (χ3v) is 8.93. The second-order valence-corrected chi connectivity index (χ2v) is 12.2. The molecule has 4 aromatic rings. The first-order valence-corrected chi connectivity index (χ1v) is 14.6. The summed E-state index contributed by atoms with van der Waals surface area (Å²) in [5.74, 6) is -0.582. The molecule has 1 amide bonds. The number of hydrogen-bond donors (Lipinski definition) is 2. The van der Waals surface area contributed by atoms with E-state index in [9.17, 15) is 21.6 Å². The lowest BCUT2D eigenvalue weighted by molar-refractivity contribution is -0.114. The van der Waals surface area contributed by atoms with Gasteiger partial charge in [-0.25, -0.2) is 16.8 Å². The summed E-state index contributed by atoms with van der Waals surface area (Å²) in [6, 6.07) is 27.4. The molecule has 38 heavy (non-hydrogen) atoms. The van der Waals surface area contributed by atoms with E-state index in [2.05, 4.69) is 10.0 Å². The summed E-state index contributed by atoms with van der Waals surface area (Å²) in [5.41, 5.74) is 2.74. The molecule has 0 aliphatic heterocycles. The quantitative estimate of drug-likeness (QED) is 0.307. The zero-order chi connectivity index (χ0) is 27.3. The van der Waals surface area contributed by atoms with Gasteiger partial charge in [0, 0.05) is 11.4 Å². The van der Waals surface area contributed by atoms with Crippen molar-refractivity contribution in [2.24, 2.45) is 0 Å². The van der Waals surface area contributed by atoms with Gasteiger partial charge in [0.15, 0.2) is 0 Å². The van der Waals surface area contributed by atoms with Crippen molar-refractivity contribution in [2.45, 2.75) is 23.6 Å². The highest BCUT2D eigenvalue weighted by atomic mass is 32.2. The lowest BCUT2D eigenvalue weighted by Gasteiger charge is -2.25. The van der Waals surface area contributed by atoms with E-state index in [1.807, 2.05) is 6.92 Å². The first kappa shape index (κ1) is 26.9. The molecule has 0 bridgehead atoms. The van der Waals surface area contributed by atoms with Crippen molar-refractivity contribution in [2.75, 3.05) is 20.9 Å². The zero-order valence-corrected chi connectivity index (χ0v) is 22.5. The first-order valence-electron chi connectivity index (χ1n) is 11.7. The number of carbonyl (C=O) groups is 1. The van der Waals surface area contributed by atoms with Gasteiger partial charge in [0.05, 0.1) is 15.5 Å². The molecule has 8 nitrogen and oxygen atoms in total. The van der Waals surface area contributed by atoms with Gasteiger partial charge in [-0.15, -0.1) is 0 Å². The van der Waals surface area contributed by atoms with Crippen LogP contribution in [0.5, 0.6) is 0 Å². The summed E-state index contributed by atoms with van der Waals surface area (Å²) in [5, 5.41) is 2.66. The third kappa shape index (κ3) is 6.21. The van der Waals surface area contributed by atoms with E-state index in [-0.39, 0.29) is 9.79 Å². The minimum atomic E-state index is -4.05. The van der Waals surface area contributed by atoms with E-state index >= 15 is 0 Å². The molecule has 0 fully saturated rings. The maximum absolute atomic E-state index is 13.6. The first-order chi connectivity index (χ1) is 18.1. The predicted octanol–water partition coefficient (Wildman–Crippen LogP) is 4.94. The summed E-state index contributed by atoms with van der Waals surface area (Å²) in [6.45, 7) is 3.15. The lowest BCUT2D eigenvalue weighted by atomic mass is 10.2. The van der Waals surface area contributed by atoms with Gasteiger partial charge in [-0.1, -0.05) is 54.1 Å². The van der Waals surface area contributed by atoms with Crippen molar-refractivity contribution in [3.05, 3.63) is 114 Å². The van der Waals surface area contributed by atoms with Crippen LogP contribution in [0.25, 0.3) is 0 Å². The Morgan fingerprint density at radius 2 is 1.26 bits per heavy atom. The molecule has 0 heterocycles. The van der Waals surface area contributed by atoms with Crippen molar-refractivity contribution < 1.29 is 21.6 Å². The second-order valence-electron chi connectivity index (χ2n) is 8.66. The molecule has 10 heteroatoms. The maximum Gasteiger partial charge on any atom is 0.264 e. The Kier molecular flexibility index (Phi) is 7.84. The maximum atomic E-state index is 13.6. The number of sulfonamides is 2. The number of anilines is 3. The summed E-state index contributed by atoms with van der Waals surface area (Å²) in [7, 11) is -7.87. The van der Waals surface area contributed by atoms with E-state index in [0.717, 1.165) is 9.87 Å². The molecule has 0 atom stereocenters. The number of aryl methyl sites for hydroxylation is 2. The van der Waals surface area contributed by atoms with Gasteiger partial charge < -0.3 is 5.32 Å². The largest absolute Gasteiger partial charge is 0.325 e. The van der Waals surface area contributed by atoms with Crippen molar-refractivity contribution >= 4 is 43.0 Å². The van der Waals surface area contributed by atoms with Crippen LogP contribution in [0.4, 0.5) is 17.1 Å². The van der Waals surface area contributed by atoms with Gasteiger partial charge in [-0.3, -0.25) is 13.8 Å². The van der Waals surface area contributed by atoms with Crippen LogP contribution in [-0.2, 0) is 24.8 Å². The van der Waals surface area contributed by atoms with E-state index < -0.39 is 32.5 Å². The average molecular weight is 550 g/mol. The van der Waals surface area contributed by atoms with Crippen LogP contribution in [-0.4, -0.2) is 29.3 Å². The summed E-state index contributed by atoms with van der Waals surface area (Å²) >= 11 is 0. The Hall–Kier alpha value is -4.15. The van der Waals surface area contributed by atoms with Crippen molar-refractivity contribution in [3.8, 4) is 0 Å². The highest BCUT2D eigenvalue weighted by molar-refractivity contribution is 7.93. The molecule has 0 aromatic heterocycles. The molecule has 0 saturated heterocycles. The summed E-state index contributed by atoms with van der Waals surface area (Å²) in [4.78, 5) is 13.1. The van der Waals surface area contributed by atoms with Crippen molar-refractivity contribution in [1.82, 2.24) is 0 Å². The standard InChI is InChI=1S/C28H27N3O5S2/c1-21-12-16-26(17-13-21)38(35,36)31(27-11-7-6-8-22(27)2)20-28(32)29-23-14-18-25(19-15-23)37(33,34)30-24-9-4-3-5-10-24/h3-19,30H,20H2,1-2H3,(H,29,32). The van der Waals surface area contributed by atoms with Crippen LogP contribution in [0, 0.1) is 13.8 Å². The Labute approximate surface area is 223 Å². The van der Waals surface area contributed by atoms with Crippen molar-refractivity contribution in [1.29, 1.82) is 0 Å². The van der Waals surface area contributed by atoms with Gasteiger partial charge in [-0.2, -0.15) is 0 Å². The molecular weight excluding hydrogens is 522 g/mol. The van der Waals surface area contributed by atoms with Gasteiger partial charge in [-0.05, 0) is 74.0 Å². The minimum Gasteiger partial charge on any atom is -0.325 e. The number of rotatable bonds is 9. The summed E-state index contributed by atoms with van der Waals surface area (Å²) < 4.78 is 56.0. The molecule has 0 aliphatic rings. The Morgan fingerprint density at radius 3 is 1.89 bits per heavy atom. The van der Waals surface area contributed by atoms with Crippen LogP contribution in [0.2, 0.25) is 0 Å². The SMILES string of the molecule is Cc1ccc(S(=O)(=O)N(CC(=O)Nc2ccc(S(=O)(=O)Nc3ccccc3)cc2)c2ccccc2C)cc1. The lowest BCUT2D eigenvalue weighted by Crippen LogP contribution is -2.38. The monoisotopic (exact) mass is 549 g/mol. The average Bonchev–Trinajstić information content (AvgIpc) is 2.89. The van der Waals surface area contributed by atoms with E-state index in [0.29, 0.717) is 22.6 Å². The minimum absolute atomic E-state index is 0.0165. The van der Waals surface area contributed by atoms with E-state index in [1.54, 1.807) is 73.7 Å². The van der Waals surface area contributed by atoms with Crippen LogP contribution >= 0.6 is 0 Å². The van der Waals surface area contributed by atoms with E-state index in [1.165, 1.54) is 36.4 Å². The molecule has 2 N–H and O–H groups in total. The predicted molar refractivity (Wildman–Crippen MR) is 149 cm³/mol. The highest BCUT2D eigenvalue weighted by Crippen LogP contribution is 2.27. The Balaban J connectivity index is 1.54. The van der Waals surface area contributed by atoms with Gasteiger partial charge >= 0.3 is 0 Å². The molecule has 196 valence electrons. The van der Waals surface area contributed by atoms with Crippen LogP contribution < -0.4 is 14.3 Å². The molecule has 4 aromatic carbocycles. The van der Waals surface area contributed by atoms with Crippen LogP contribution in [0.3, 0.4) is 0 Å². The molecule has 0 radical (unpaired) electrons. The van der Waals surface area contributed by atoms with Crippen LogP contribution in [0.1, 0.15) is 11.1 Å². The number of hydrogen-bond acceptors (Lipinski definition) is 5. The summed E-state index contributed by atoms with van der Waals surface area (Å²) in [6.07, 6.45) is 0. The number of benzene rings is 4. The normalized spacial score (nSPS) is 11.5. The number of nitrogens with zero attached hydrogens (tertiary/aromatic N) is 1. The molecule has 0 aliphatic carbocycles. The smallest absolute Gasteiger partial charge is 0.264 e. The van der Waals surface area contributed by atoms with Gasteiger partial charge in [0.2, 0.25) is 5.91 Å². The molecular formula is C28H27N3O5S2. The number of nitrogens with one attached hydrogen (secondary N) is 2. The van der Waals surface area contributed by atoms with Gasteiger partial charge in [0.25, 0.3) is 20.0 Å². The molecule has 0 unspecified atom stereocenters. The number of para-hydroxylation sites is 2. The molecule has 0 saturated carbocycles. The fourth-order valence-corrected chi connectivity index (χ4v) is 6.29. The number of amides is 1. The van der Waals surface area contributed by atoms with Crippen LogP contribution in [0.15, 0.2) is 113 Å². The fraction of sp³-hybridized carbons (Fsp3) is 0.107.